The molecule has 38 heavy (non-hydrogen) atoms. The number of aliphatic carboxylic acids is 3. The van der Waals surface area contributed by atoms with Crippen molar-refractivity contribution >= 4 is 41.4 Å². The number of carboxylic acid groups (broad SMARTS) is 3. The maximum absolute atomic E-state index is 10.3. The van der Waals surface area contributed by atoms with Crippen LogP contribution in [-0.4, -0.2) is 81.0 Å². The average molecular weight is 566 g/mol. The molecular formula is C28H39NO7S2. The zero-order valence-electron chi connectivity index (χ0n) is 22.2. The van der Waals surface area contributed by atoms with Crippen LogP contribution >= 0.6 is 23.5 Å². The number of hydrogen-bond acceptors (Lipinski definition) is 7. The topological polar surface area (TPSA) is 135 Å². The summed E-state index contributed by atoms with van der Waals surface area (Å²) in [5, 5.41) is 34.2. The van der Waals surface area contributed by atoms with E-state index in [9.17, 15) is 14.4 Å². The van der Waals surface area contributed by atoms with Gasteiger partial charge in [-0.1, -0.05) is 55.8 Å². The summed E-state index contributed by atoms with van der Waals surface area (Å²) in [6.45, 7) is 3.41. The van der Waals surface area contributed by atoms with Crippen LogP contribution < -0.4 is 0 Å². The Kier molecular flexibility index (Phi) is 15.8. The molecule has 0 aliphatic carbocycles. The van der Waals surface area contributed by atoms with Crippen molar-refractivity contribution in [2.75, 3.05) is 32.1 Å². The van der Waals surface area contributed by atoms with Gasteiger partial charge < -0.3 is 25.3 Å². The number of carbonyl (C=O) groups is 3. The minimum Gasteiger partial charge on any atom is -0.481 e. The van der Waals surface area contributed by atoms with E-state index < -0.39 is 36.4 Å². The summed E-state index contributed by atoms with van der Waals surface area (Å²) in [7, 11) is 4.29. The highest BCUT2D eigenvalue weighted by Gasteiger charge is 2.40. The Morgan fingerprint density at radius 2 is 1.39 bits per heavy atom. The maximum Gasteiger partial charge on any atom is 0.336 e. The Morgan fingerprint density at radius 3 is 1.87 bits per heavy atom. The first-order valence-electron chi connectivity index (χ1n) is 12.4. The summed E-state index contributed by atoms with van der Waals surface area (Å²) in [6.07, 6.45) is 1.50. The van der Waals surface area contributed by atoms with Crippen LogP contribution in [0, 0.1) is 0 Å². The Balaban J connectivity index is 0.000000471. The molecule has 8 nitrogen and oxygen atoms in total. The van der Waals surface area contributed by atoms with Crippen LogP contribution in [0.3, 0.4) is 0 Å². The van der Waals surface area contributed by atoms with E-state index in [2.05, 4.69) is 92.3 Å². The number of nitrogens with zero attached hydrogens (tertiary/aromatic N) is 1. The number of thioether (sulfide) groups is 2. The van der Waals surface area contributed by atoms with Crippen LogP contribution in [0.1, 0.15) is 55.4 Å². The number of carboxylic acids is 3. The van der Waals surface area contributed by atoms with Crippen LogP contribution in [0.25, 0.3) is 0 Å². The Hall–Kier alpha value is -2.53. The molecule has 2 rings (SSSR count). The summed E-state index contributed by atoms with van der Waals surface area (Å²) >= 11 is 4.04. The molecular weight excluding hydrogens is 526 g/mol. The molecule has 2 aromatic carbocycles. The van der Waals surface area contributed by atoms with Crippen LogP contribution in [-0.2, 0) is 14.4 Å². The van der Waals surface area contributed by atoms with Gasteiger partial charge in [-0.2, -0.15) is 0 Å². The lowest BCUT2D eigenvalue weighted by Gasteiger charge is -2.19. The van der Waals surface area contributed by atoms with E-state index in [-0.39, 0.29) is 0 Å². The van der Waals surface area contributed by atoms with Gasteiger partial charge in [0.1, 0.15) is 0 Å². The molecule has 10 heteroatoms. The zero-order chi connectivity index (χ0) is 28.6. The van der Waals surface area contributed by atoms with Crippen molar-refractivity contribution in [2.45, 2.75) is 54.8 Å². The second kappa shape index (κ2) is 17.9. The SMILES string of the molecule is CCCCSc1ccc(C(SCCCN(C)C)c2ccccc2)cc1.O=C(O)CC(O)(CC(=O)O)C(=O)O. The molecule has 0 radical (unpaired) electrons. The second-order valence-corrected chi connectivity index (χ2v) is 11.4. The Bertz CT molecular complexity index is 968. The van der Waals surface area contributed by atoms with Gasteiger partial charge in [-0.05, 0) is 68.2 Å². The molecule has 0 aliphatic rings. The molecule has 1 unspecified atom stereocenters. The predicted octanol–water partition coefficient (Wildman–Crippen LogP) is 5.10. The number of aliphatic hydroxyl groups is 1. The zero-order valence-corrected chi connectivity index (χ0v) is 23.8. The van der Waals surface area contributed by atoms with Crippen LogP contribution in [0.2, 0.25) is 0 Å². The number of unbranched alkanes of at least 4 members (excludes halogenated alkanes) is 1. The lowest BCUT2D eigenvalue weighted by atomic mass is 9.96. The first-order valence-corrected chi connectivity index (χ1v) is 14.4. The van der Waals surface area contributed by atoms with Gasteiger partial charge in [0.25, 0.3) is 0 Å². The lowest BCUT2D eigenvalue weighted by Crippen LogP contribution is -2.42. The fraction of sp³-hybridized carbons (Fsp3) is 0.464. The van der Waals surface area contributed by atoms with Gasteiger partial charge >= 0.3 is 17.9 Å². The number of rotatable bonds is 16. The van der Waals surface area contributed by atoms with Crippen molar-refractivity contribution in [1.29, 1.82) is 0 Å². The molecule has 210 valence electrons. The normalized spacial score (nSPS) is 11.9. The highest BCUT2D eigenvalue weighted by atomic mass is 32.2. The predicted molar refractivity (Wildman–Crippen MR) is 153 cm³/mol. The molecule has 0 aromatic heterocycles. The van der Waals surface area contributed by atoms with E-state index >= 15 is 0 Å². The van der Waals surface area contributed by atoms with Gasteiger partial charge in [0, 0.05) is 4.90 Å². The van der Waals surface area contributed by atoms with E-state index in [1.807, 2.05) is 11.8 Å². The van der Waals surface area contributed by atoms with Gasteiger partial charge in [0.15, 0.2) is 5.60 Å². The molecule has 4 N–H and O–H groups in total. The van der Waals surface area contributed by atoms with Crippen molar-refractivity contribution in [1.82, 2.24) is 4.90 Å². The van der Waals surface area contributed by atoms with Crippen LogP contribution in [0.5, 0.6) is 0 Å². The Morgan fingerprint density at radius 1 is 0.842 bits per heavy atom. The summed E-state index contributed by atoms with van der Waals surface area (Å²) in [5.74, 6) is -2.61. The largest absolute Gasteiger partial charge is 0.481 e. The van der Waals surface area contributed by atoms with Gasteiger partial charge in [-0.3, -0.25) is 9.59 Å². The molecule has 0 saturated heterocycles. The Labute approximate surface area is 233 Å². The summed E-state index contributed by atoms with van der Waals surface area (Å²) in [4.78, 5) is 34.1. The number of benzene rings is 2. The van der Waals surface area contributed by atoms with Crippen molar-refractivity contribution < 1.29 is 34.8 Å². The van der Waals surface area contributed by atoms with Crippen molar-refractivity contribution in [2.24, 2.45) is 0 Å². The molecule has 0 heterocycles. The fourth-order valence-corrected chi connectivity index (χ4v) is 5.61. The van der Waals surface area contributed by atoms with Crippen LogP contribution in [0.15, 0.2) is 59.5 Å². The lowest BCUT2D eigenvalue weighted by molar-refractivity contribution is -0.170. The molecule has 1 atom stereocenters. The highest BCUT2D eigenvalue weighted by Crippen LogP contribution is 2.36. The second-order valence-electron chi connectivity index (χ2n) is 9.07. The van der Waals surface area contributed by atoms with Crippen molar-refractivity contribution in [3.8, 4) is 0 Å². The van der Waals surface area contributed by atoms with Gasteiger partial charge in [0.05, 0.1) is 18.1 Å². The molecule has 2 aromatic rings. The van der Waals surface area contributed by atoms with E-state index in [1.165, 1.54) is 46.8 Å². The maximum atomic E-state index is 10.3. The third kappa shape index (κ3) is 13.3. The average Bonchev–Trinajstić information content (AvgIpc) is 2.84. The van der Waals surface area contributed by atoms with Crippen molar-refractivity contribution in [3.63, 3.8) is 0 Å². The molecule has 0 amide bonds. The summed E-state index contributed by atoms with van der Waals surface area (Å²) in [5.41, 5.74) is 0.0853. The molecule has 0 spiro atoms. The minimum absolute atomic E-state index is 0.429. The highest BCUT2D eigenvalue weighted by molar-refractivity contribution is 7.99. The monoisotopic (exact) mass is 565 g/mol. The molecule has 0 saturated carbocycles. The van der Waals surface area contributed by atoms with E-state index in [0.29, 0.717) is 5.25 Å². The summed E-state index contributed by atoms with van der Waals surface area (Å²) < 4.78 is 0. The standard InChI is InChI=1S/C22H31NS2.C6H8O7/c1-4-5-17-24-21-14-12-20(13-15-21)22(19-10-7-6-8-11-19)25-18-9-16-23(2)3;7-3(8)1-6(13,5(11)12)2-4(9)10/h6-8,10-15,22H,4-5,9,16-18H2,1-3H3;13H,1-2H2,(H,7,8)(H,9,10)(H,11,12). The molecule has 0 fully saturated rings. The third-order valence-electron chi connectivity index (χ3n) is 5.37. The van der Waals surface area contributed by atoms with Gasteiger partial charge in [-0.25, -0.2) is 4.79 Å². The first kappa shape index (κ1) is 33.5. The smallest absolute Gasteiger partial charge is 0.336 e. The number of hydrogen-bond donors (Lipinski definition) is 4. The fourth-order valence-electron chi connectivity index (χ4n) is 3.38. The van der Waals surface area contributed by atoms with E-state index in [0.717, 1.165) is 6.54 Å². The minimum atomic E-state index is -2.74. The van der Waals surface area contributed by atoms with Crippen molar-refractivity contribution in [3.05, 3.63) is 65.7 Å². The van der Waals surface area contributed by atoms with Crippen LogP contribution in [0.4, 0.5) is 0 Å². The van der Waals surface area contributed by atoms with Gasteiger partial charge in [-0.15, -0.1) is 23.5 Å². The molecule has 0 bridgehead atoms. The van der Waals surface area contributed by atoms with E-state index in [4.69, 9.17) is 20.4 Å². The summed E-state index contributed by atoms with van der Waals surface area (Å²) in [6, 6.07) is 20.2. The third-order valence-corrected chi connectivity index (χ3v) is 7.87. The first-order chi connectivity index (χ1) is 18.0. The molecule has 0 aliphatic heterocycles. The van der Waals surface area contributed by atoms with E-state index in [1.54, 1.807) is 0 Å². The van der Waals surface area contributed by atoms with Gasteiger partial charge in [0.2, 0.25) is 0 Å². The quantitative estimate of drug-likeness (QED) is 0.161.